The Morgan fingerprint density at radius 3 is 2.21 bits per heavy atom. The maximum atomic E-state index is 11.8. The van der Waals surface area contributed by atoms with Gasteiger partial charge in [0.15, 0.2) is 0 Å². The van der Waals surface area contributed by atoms with Crippen molar-refractivity contribution in [3.05, 3.63) is 65.2 Å². The van der Waals surface area contributed by atoms with Crippen molar-refractivity contribution in [2.75, 3.05) is 19.8 Å². The van der Waals surface area contributed by atoms with E-state index >= 15 is 0 Å². The molecule has 0 aromatic heterocycles. The van der Waals surface area contributed by atoms with Crippen molar-refractivity contribution >= 4 is 31.1 Å². The average Bonchev–Trinajstić information content (AvgIpc) is 3.09. The van der Waals surface area contributed by atoms with Gasteiger partial charge in [-0.1, -0.05) is 0 Å². The number of nitrogens with one attached hydrogen (secondary N) is 1. The summed E-state index contributed by atoms with van der Waals surface area (Å²) in [7, 11) is -3.84. The van der Waals surface area contributed by atoms with Crippen LogP contribution in [0, 0.1) is 6.92 Å². The molecule has 1 fully saturated rings. The Hall–Kier alpha value is -2.00. The normalized spacial score (nSPS) is 17.6. The quantitative estimate of drug-likeness (QED) is 0.415. The zero-order valence-electron chi connectivity index (χ0n) is 18.9. The van der Waals surface area contributed by atoms with Gasteiger partial charge in [0, 0.05) is 0 Å². The molecule has 1 aliphatic heterocycles. The number of hydrogen-bond donors (Lipinski definition) is 2. The summed E-state index contributed by atoms with van der Waals surface area (Å²) in [6.45, 7) is 6.18. The molecular weight excluding hydrogens is 465 g/mol. The number of thioether (sulfide) groups is 1. The monoisotopic (exact) mass is 495 g/mol. The predicted octanol–water partition coefficient (Wildman–Crippen LogP) is 4.50. The molecular formula is C23H30NO7PS. The molecule has 8 nitrogen and oxygen atoms in total. The van der Waals surface area contributed by atoms with Crippen molar-refractivity contribution in [1.29, 1.82) is 0 Å². The zero-order chi connectivity index (χ0) is 23.8. The molecule has 2 unspecified atom stereocenters. The van der Waals surface area contributed by atoms with Gasteiger partial charge in [0.25, 0.3) is 0 Å². The van der Waals surface area contributed by atoms with Gasteiger partial charge in [0.2, 0.25) is 0 Å². The van der Waals surface area contributed by atoms with Gasteiger partial charge in [-0.05, 0) is 0 Å². The van der Waals surface area contributed by atoms with Gasteiger partial charge in [0.1, 0.15) is 0 Å². The van der Waals surface area contributed by atoms with E-state index in [0.717, 1.165) is 28.5 Å². The van der Waals surface area contributed by atoms with E-state index in [1.54, 1.807) is 26.0 Å². The van der Waals surface area contributed by atoms with E-state index in [0.29, 0.717) is 12.2 Å². The van der Waals surface area contributed by atoms with Crippen LogP contribution in [-0.2, 0) is 24.8 Å². The third-order valence-corrected chi connectivity index (χ3v) is 7.78. The number of amides is 2. The Kier molecular flexibility index (Phi) is 9.26. The molecule has 2 aromatic carbocycles. The first kappa shape index (κ1) is 25.6. The topological polar surface area (TPSA) is 103 Å². The average molecular weight is 496 g/mol. The molecule has 2 atom stereocenters. The summed E-state index contributed by atoms with van der Waals surface area (Å²) in [4.78, 5) is 33.9. The van der Waals surface area contributed by atoms with Crippen molar-refractivity contribution in [2.45, 2.75) is 38.5 Å². The van der Waals surface area contributed by atoms with Crippen molar-refractivity contribution in [2.24, 2.45) is 0 Å². The third-order valence-electron chi connectivity index (χ3n) is 4.91. The molecule has 0 bridgehead atoms. The van der Waals surface area contributed by atoms with Gasteiger partial charge in [-0.25, -0.2) is 0 Å². The van der Waals surface area contributed by atoms with Crippen LogP contribution in [0.4, 0.5) is 4.79 Å². The molecule has 3 rings (SSSR count). The Morgan fingerprint density at radius 2 is 1.67 bits per heavy atom. The van der Waals surface area contributed by atoms with Gasteiger partial charge in [0.05, 0.1) is 0 Å². The van der Waals surface area contributed by atoms with Crippen LogP contribution in [0.2, 0.25) is 0 Å². The second-order valence-electron chi connectivity index (χ2n) is 7.45. The van der Waals surface area contributed by atoms with E-state index in [-0.39, 0.29) is 31.0 Å². The molecule has 1 heterocycles. The van der Waals surface area contributed by atoms with E-state index < -0.39 is 19.5 Å². The van der Waals surface area contributed by atoms with E-state index in [1.165, 1.54) is 0 Å². The fourth-order valence-electron chi connectivity index (χ4n) is 3.27. The number of ether oxygens (including phenoxy) is 1. The zero-order valence-corrected chi connectivity index (χ0v) is 20.7. The SMILES string of the molecule is CCO[PH](O)(OCC)OC(COc1ccc(CC2SC(=O)NC2=O)cc1)c1ccc(C)cc1. The molecule has 1 aliphatic rings. The van der Waals surface area contributed by atoms with E-state index in [9.17, 15) is 14.5 Å². The predicted molar refractivity (Wildman–Crippen MR) is 129 cm³/mol. The number of carbonyl (C=O) groups is 2. The molecule has 1 saturated heterocycles. The molecule has 0 aliphatic carbocycles. The van der Waals surface area contributed by atoms with Gasteiger partial charge in [-0.15, -0.1) is 0 Å². The minimum absolute atomic E-state index is 0.132. The molecule has 2 amide bonds. The van der Waals surface area contributed by atoms with Gasteiger partial charge in [-0.3, -0.25) is 4.79 Å². The maximum absolute atomic E-state index is 11.8. The summed E-state index contributed by atoms with van der Waals surface area (Å²) in [6.07, 6.45) is -0.150. The Labute approximate surface area is 198 Å². The standard InChI is InChI=1S/C23H30NO7PS/c1-4-29-32(27,30-5-2)31-20(18-10-6-16(3)7-11-18)15-28-19-12-8-17(9-13-19)14-21-22(25)24-23(26)33-21/h6-13,20-21,27,32H,4-5,14-15H2,1-3H3,(H,24,25,26). The number of carbonyl (C=O) groups excluding carboxylic acids is 2. The number of aryl methyl sites for hydroxylation is 1. The fourth-order valence-corrected chi connectivity index (χ4v) is 5.64. The van der Waals surface area contributed by atoms with Crippen LogP contribution >= 0.6 is 19.9 Å². The minimum atomic E-state index is -3.84. The molecule has 180 valence electrons. The first-order valence-electron chi connectivity index (χ1n) is 10.8. The van der Waals surface area contributed by atoms with Gasteiger partial charge >= 0.3 is 194 Å². The summed E-state index contributed by atoms with van der Waals surface area (Å²) in [5.74, 6) is 0.348. The molecule has 0 radical (unpaired) electrons. The van der Waals surface area contributed by atoms with E-state index in [2.05, 4.69) is 5.32 Å². The number of rotatable bonds is 12. The van der Waals surface area contributed by atoms with Crippen LogP contribution in [0.1, 0.15) is 36.6 Å². The summed E-state index contributed by atoms with van der Waals surface area (Å²) >= 11 is 1.01. The molecule has 2 N–H and O–H groups in total. The van der Waals surface area contributed by atoms with Crippen molar-refractivity contribution in [3.8, 4) is 5.75 Å². The molecule has 33 heavy (non-hydrogen) atoms. The molecule has 2 aromatic rings. The first-order valence-corrected chi connectivity index (χ1v) is 13.3. The van der Waals surface area contributed by atoms with Crippen LogP contribution in [0.5, 0.6) is 5.75 Å². The van der Waals surface area contributed by atoms with Crippen LogP contribution in [0.3, 0.4) is 0 Å². The van der Waals surface area contributed by atoms with Gasteiger partial charge < -0.3 is 0 Å². The van der Waals surface area contributed by atoms with Crippen molar-refractivity contribution in [3.63, 3.8) is 0 Å². The third kappa shape index (κ3) is 7.50. The van der Waals surface area contributed by atoms with Crippen molar-refractivity contribution < 1.29 is 32.8 Å². The second-order valence-corrected chi connectivity index (χ2v) is 10.5. The summed E-state index contributed by atoms with van der Waals surface area (Å²) in [5, 5.41) is 1.57. The first-order chi connectivity index (χ1) is 15.8. The van der Waals surface area contributed by atoms with E-state index in [4.69, 9.17) is 18.3 Å². The van der Waals surface area contributed by atoms with Crippen LogP contribution < -0.4 is 10.1 Å². The summed E-state index contributed by atoms with van der Waals surface area (Å²) in [5.41, 5.74) is 2.86. The van der Waals surface area contributed by atoms with Crippen LogP contribution in [0.25, 0.3) is 0 Å². The van der Waals surface area contributed by atoms with E-state index in [1.807, 2.05) is 43.3 Å². The van der Waals surface area contributed by atoms with Crippen LogP contribution in [0.15, 0.2) is 48.5 Å². The summed E-state index contributed by atoms with van der Waals surface area (Å²) in [6, 6.07) is 15.1. The number of hydrogen-bond acceptors (Lipinski definition) is 8. The second kappa shape index (κ2) is 11.9. The number of imide groups is 1. The Balaban J connectivity index is 1.67. The van der Waals surface area contributed by atoms with Gasteiger partial charge in [-0.2, -0.15) is 0 Å². The Bertz CT molecular complexity index is 933. The molecule has 0 saturated carbocycles. The summed E-state index contributed by atoms with van der Waals surface area (Å²) < 4.78 is 22.8. The molecule has 0 spiro atoms. The fraction of sp³-hybridized carbons (Fsp3) is 0.391. The van der Waals surface area contributed by atoms with Crippen molar-refractivity contribution in [1.82, 2.24) is 5.32 Å². The van der Waals surface area contributed by atoms with Crippen LogP contribution in [-0.4, -0.2) is 41.1 Å². The Morgan fingerprint density at radius 1 is 1.03 bits per heavy atom. The molecule has 10 heteroatoms. The number of benzene rings is 2.